The Morgan fingerprint density at radius 2 is 2.05 bits per heavy atom. The molecule has 0 aliphatic heterocycles. The smallest absolute Gasteiger partial charge is 0.265 e. The Bertz CT molecular complexity index is 888. The highest BCUT2D eigenvalue weighted by Gasteiger charge is 2.20. The number of rotatable bonds is 3. The van der Waals surface area contributed by atoms with E-state index >= 15 is 0 Å². The largest absolute Gasteiger partial charge is 0.482 e. The molecule has 0 unspecified atom stereocenters. The van der Waals surface area contributed by atoms with Gasteiger partial charge in [-0.15, -0.1) is 0 Å². The number of nitrogens with one attached hydrogen (secondary N) is 2. The van der Waals surface area contributed by atoms with Crippen molar-refractivity contribution in [2.75, 3.05) is 12.4 Å². The van der Waals surface area contributed by atoms with Gasteiger partial charge in [0, 0.05) is 11.6 Å². The number of benzene rings is 1. The number of para-hydroxylation sites is 1. The number of carbonyl (C=O) groups is 1. The monoisotopic (exact) mass is 295 g/mol. The van der Waals surface area contributed by atoms with Crippen molar-refractivity contribution in [1.29, 1.82) is 0 Å². The molecule has 0 radical (unpaired) electrons. The first-order valence-corrected chi connectivity index (χ1v) is 6.61. The van der Waals surface area contributed by atoms with Crippen molar-refractivity contribution in [2.45, 2.75) is 0 Å². The molecule has 2 heterocycles. The maximum Gasteiger partial charge on any atom is 0.265 e. The van der Waals surface area contributed by atoms with E-state index in [9.17, 15) is 9.59 Å². The van der Waals surface area contributed by atoms with Crippen molar-refractivity contribution >= 4 is 22.5 Å². The summed E-state index contributed by atoms with van der Waals surface area (Å²) >= 11 is 0. The number of anilines is 1. The summed E-state index contributed by atoms with van der Waals surface area (Å²) in [5, 5.41) is 3.07. The van der Waals surface area contributed by atoms with Gasteiger partial charge in [0.25, 0.3) is 5.91 Å². The van der Waals surface area contributed by atoms with E-state index in [-0.39, 0.29) is 16.9 Å². The predicted molar refractivity (Wildman–Crippen MR) is 83.3 cm³/mol. The van der Waals surface area contributed by atoms with Gasteiger partial charge in [-0.1, -0.05) is 12.1 Å². The molecular formula is C16H13N3O3. The van der Waals surface area contributed by atoms with E-state index in [0.717, 1.165) is 0 Å². The summed E-state index contributed by atoms with van der Waals surface area (Å²) in [5.74, 6) is -0.415. The van der Waals surface area contributed by atoms with Gasteiger partial charge >= 0.3 is 0 Å². The first kappa shape index (κ1) is 13.8. The van der Waals surface area contributed by atoms with Crippen molar-refractivity contribution in [2.24, 2.45) is 0 Å². The van der Waals surface area contributed by atoms with Crippen LogP contribution in [-0.4, -0.2) is 23.0 Å². The molecule has 3 rings (SSSR count). The minimum Gasteiger partial charge on any atom is -0.482 e. The Balaban J connectivity index is 2.11. The number of pyridine rings is 2. The van der Waals surface area contributed by atoms with E-state index in [1.807, 2.05) is 0 Å². The lowest BCUT2D eigenvalue weighted by molar-refractivity contribution is 0.102. The van der Waals surface area contributed by atoms with Gasteiger partial charge in [0.05, 0.1) is 24.5 Å². The van der Waals surface area contributed by atoms with E-state index in [0.29, 0.717) is 16.6 Å². The number of methoxy groups -OCH3 is 1. The molecule has 0 aliphatic carbocycles. The first-order chi connectivity index (χ1) is 10.7. The second kappa shape index (κ2) is 5.69. The molecule has 6 heteroatoms. The van der Waals surface area contributed by atoms with Crippen LogP contribution in [0.15, 0.2) is 53.6 Å². The van der Waals surface area contributed by atoms with Crippen LogP contribution in [0.3, 0.4) is 0 Å². The maximum atomic E-state index is 12.6. The van der Waals surface area contributed by atoms with Crippen LogP contribution in [0.4, 0.5) is 5.69 Å². The molecule has 22 heavy (non-hydrogen) atoms. The average molecular weight is 295 g/mol. The molecule has 2 N–H and O–H groups in total. The van der Waals surface area contributed by atoms with Crippen molar-refractivity contribution < 1.29 is 9.53 Å². The van der Waals surface area contributed by atoms with Crippen molar-refractivity contribution in [3.8, 4) is 5.88 Å². The van der Waals surface area contributed by atoms with Gasteiger partial charge in [-0.05, 0) is 24.3 Å². The lowest BCUT2D eigenvalue weighted by Crippen LogP contribution is -2.23. The molecule has 2 aromatic heterocycles. The number of hydrogen-bond acceptors (Lipinski definition) is 4. The summed E-state index contributed by atoms with van der Waals surface area (Å²) in [6, 6.07) is 10.3. The number of nitrogens with zero attached hydrogens (tertiary/aromatic N) is 1. The highest BCUT2D eigenvalue weighted by molar-refractivity contribution is 6.07. The fraction of sp³-hybridized carbons (Fsp3) is 0.0625. The number of hydrogen-bond donors (Lipinski definition) is 2. The molecule has 0 atom stereocenters. The van der Waals surface area contributed by atoms with Crippen LogP contribution in [-0.2, 0) is 0 Å². The molecule has 110 valence electrons. The summed E-state index contributed by atoms with van der Waals surface area (Å²) in [6.45, 7) is 0. The number of carbonyl (C=O) groups excluding carboxylic acids is 1. The Morgan fingerprint density at radius 3 is 2.77 bits per heavy atom. The number of aromatic nitrogens is 2. The minimum absolute atomic E-state index is 0.0648. The van der Waals surface area contributed by atoms with Crippen LogP contribution < -0.4 is 15.5 Å². The normalized spacial score (nSPS) is 10.4. The van der Waals surface area contributed by atoms with Gasteiger partial charge in [0.1, 0.15) is 5.56 Å². The Labute approximate surface area is 125 Å². The fourth-order valence-electron chi connectivity index (χ4n) is 2.20. The number of H-pyrrole nitrogens is 1. The summed E-state index contributed by atoms with van der Waals surface area (Å²) in [7, 11) is 1.40. The Kier molecular flexibility index (Phi) is 3.57. The summed E-state index contributed by atoms with van der Waals surface area (Å²) < 4.78 is 5.16. The summed E-state index contributed by atoms with van der Waals surface area (Å²) in [6.07, 6.45) is 3.10. The summed E-state index contributed by atoms with van der Waals surface area (Å²) in [4.78, 5) is 31.9. The Morgan fingerprint density at radius 1 is 1.23 bits per heavy atom. The van der Waals surface area contributed by atoms with Gasteiger partial charge in [-0.25, -0.2) is 0 Å². The van der Waals surface area contributed by atoms with Gasteiger partial charge in [-0.2, -0.15) is 0 Å². The van der Waals surface area contributed by atoms with Gasteiger partial charge in [0.15, 0.2) is 0 Å². The SMILES string of the molecule is COc1[nH]c2ccccc2c(=O)c1C(=O)Nc1cccnc1. The van der Waals surface area contributed by atoms with E-state index in [1.54, 1.807) is 42.6 Å². The van der Waals surface area contributed by atoms with E-state index in [1.165, 1.54) is 13.3 Å². The number of amides is 1. The lowest BCUT2D eigenvalue weighted by Gasteiger charge is -2.10. The number of fused-ring (bicyclic) bond motifs is 1. The molecule has 0 fully saturated rings. The fourth-order valence-corrected chi connectivity index (χ4v) is 2.20. The van der Waals surface area contributed by atoms with Gasteiger partial charge in [0.2, 0.25) is 11.3 Å². The summed E-state index contributed by atoms with van der Waals surface area (Å²) in [5.41, 5.74) is 0.669. The van der Waals surface area contributed by atoms with E-state index < -0.39 is 5.91 Å². The van der Waals surface area contributed by atoms with Crippen LogP contribution in [0.2, 0.25) is 0 Å². The third kappa shape index (κ3) is 2.42. The molecule has 3 aromatic rings. The average Bonchev–Trinajstić information content (AvgIpc) is 2.55. The predicted octanol–water partition coefficient (Wildman–Crippen LogP) is 2.18. The zero-order chi connectivity index (χ0) is 15.5. The molecule has 1 amide bonds. The van der Waals surface area contributed by atoms with Crippen LogP contribution in [0.25, 0.3) is 10.9 Å². The second-order valence-electron chi connectivity index (χ2n) is 4.60. The van der Waals surface area contributed by atoms with Crippen molar-refractivity contribution in [3.63, 3.8) is 0 Å². The molecule has 0 saturated carbocycles. The zero-order valence-electron chi connectivity index (χ0n) is 11.8. The second-order valence-corrected chi connectivity index (χ2v) is 4.60. The first-order valence-electron chi connectivity index (χ1n) is 6.61. The van der Waals surface area contributed by atoms with Crippen LogP contribution in [0.5, 0.6) is 5.88 Å². The van der Waals surface area contributed by atoms with Crippen molar-refractivity contribution in [3.05, 3.63) is 64.6 Å². The maximum absolute atomic E-state index is 12.6. The van der Waals surface area contributed by atoms with E-state index in [2.05, 4.69) is 15.3 Å². The number of ether oxygens (including phenoxy) is 1. The molecule has 6 nitrogen and oxygen atoms in total. The highest BCUT2D eigenvalue weighted by atomic mass is 16.5. The minimum atomic E-state index is -0.545. The molecule has 0 bridgehead atoms. The van der Waals surface area contributed by atoms with Gasteiger partial charge in [-0.3, -0.25) is 14.6 Å². The third-order valence-corrected chi connectivity index (χ3v) is 3.22. The van der Waals surface area contributed by atoms with Crippen LogP contribution in [0, 0.1) is 0 Å². The molecular weight excluding hydrogens is 282 g/mol. The quantitative estimate of drug-likeness (QED) is 0.775. The van der Waals surface area contributed by atoms with Crippen molar-refractivity contribution in [1.82, 2.24) is 9.97 Å². The zero-order valence-corrected chi connectivity index (χ0v) is 11.8. The third-order valence-electron chi connectivity index (χ3n) is 3.22. The standard InChI is InChI=1S/C16H13N3O3/c1-22-16-13(15(21)18-10-5-4-8-17-9-10)14(20)11-6-2-3-7-12(11)19-16/h2-9H,1H3,(H,18,21)(H,19,20). The van der Waals surface area contributed by atoms with E-state index in [4.69, 9.17) is 4.74 Å². The molecule has 0 spiro atoms. The van der Waals surface area contributed by atoms with Crippen LogP contribution >= 0.6 is 0 Å². The van der Waals surface area contributed by atoms with Gasteiger partial charge < -0.3 is 15.0 Å². The number of aromatic amines is 1. The molecule has 0 aliphatic rings. The molecule has 1 aromatic carbocycles. The van der Waals surface area contributed by atoms with Crippen LogP contribution in [0.1, 0.15) is 10.4 Å². The topological polar surface area (TPSA) is 84.1 Å². The highest BCUT2D eigenvalue weighted by Crippen LogP contribution is 2.18. The molecule has 0 saturated heterocycles. The Hall–Kier alpha value is -3.15. The lowest BCUT2D eigenvalue weighted by atomic mass is 10.1.